The highest BCUT2D eigenvalue weighted by molar-refractivity contribution is 5.80. The van der Waals surface area contributed by atoms with Gasteiger partial charge in [0.25, 0.3) is 0 Å². The quantitative estimate of drug-likeness (QED) is 0.863. The lowest BCUT2D eigenvalue weighted by atomic mass is 10.0. The first-order valence-corrected chi connectivity index (χ1v) is 7.29. The van der Waals surface area contributed by atoms with Crippen LogP contribution in [0, 0.1) is 12.8 Å². The number of hydrogen-bond acceptors (Lipinski definition) is 3. The second kappa shape index (κ2) is 6.75. The van der Waals surface area contributed by atoms with Crippen LogP contribution in [0.2, 0.25) is 0 Å². The Kier molecular flexibility index (Phi) is 5.01. The molecular weight excluding hydrogens is 252 g/mol. The standard InChI is InChI=1S/C16H24N2O2/c1-11-4-6-14(7-5-11)20-10-12(2)18-16(19)15-8-9-17-13(15)3/h4-7,12-13,15,17H,8-10H2,1-3H3,(H,18,19). The van der Waals surface area contributed by atoms with E-state index in [4.69, 9.17) is 4.74 Å². The Morgan fingerprint density at radius 1 is 1.45 bits per heavy atom. The normalized spacial score (nSPS) is 23.4. The van der Waals surface area contributed by atoms with Crippen molar-refractivity contribution in [1.29, 1.82) is 0 Å². The Labute approximate surface area is 120 Å². The molecule has 2 N–H and O–H groups in total. The van der Waals surface area contributed by atoms with Crippen molar-refractivity contribution in [1.82, 2.24) is 10.6 Å². The van der Waals surface area contributed by atoms with Gasteiger partial charge in [0.1, 0.15) is 12.4 Å². The van der Waals surface area contributed by atoms with Crippen molar-refractivity contribution in [2.75, 3.05) is 13.2 Å². The summed E-state index contributed by atoms with van der Waals surface area (Å²) in [6.45, 7) is 7.49. The number of aryl methyl sites for hydroxylation is 1. The Bertz CT molecular complexity index is 444. The van der Waals surface area contributed by atoms with Gasteiger partial charge in [0.15, 0.2) is 0 Å². The first-order chi connectivity index (χ1) is 9.56. The molecule has 1 aromatic rings. The van der Waals surface area contributed by atoms with Crippen LogP contribution in [-0.4, -0.2) is 31.1 Å². The molecule has 2 rings (SSSR count). The highest BCUT2D eigenvalue weighted by Crippen LogP contribution is 2.15. The minimum atomic E-state index is 0.0107. The van der Waals surface area contributed by atoms with E-state index >= 15 is 0 Å². The third-order valence-corrected chi connectivity index (χ3v) is 3.77. The number of amides is 1. The number of ether oxygens (including phenoxy) is 1. The van der Waals surface area contributed by atoms with E-state index in [1.54, 1.807) is 0 Å². The van der Waals surface area contributed by atoms with Crippen molar-refractivity contribution in [2.24, 2.45) is 5.92 Å². The molecule has 1 heterocycles. The van der Waals surface area contributed by atoms with Crippen LogP contribution in [0.5, 0.6) is 5.75 Å². The minimum Gasteiger partial charge on any atom is -0.491 e. The number of benzene rings is 1. The topological polar surface area (TPSA) is 50.4 Å². The molecule has 110 valence electrons. The zero-order valence-electron chi connectivity index (χ0n) is 12.5. The Morgan fingerprint density at radius 2 is 2.15 bits per heavy atom. The molecule has 1 aliphatic rings. The van der Waals surface area contributed by atoms with Gasteiger partial charge in [-0.3, -0.25) is 4.79 Å². The molecule has 4 nitrogen and oxygen atoms in total. The Balaban J connectivity index is 1.76. The maximum absolute atomic E-state index is 12.1. The molecule has 0 saturated carbocycles. The van der Waals surface area contributed by atoms with Crippen molar-refractivity contribution in [3.63, 3.8) is 0 Å². The first-order valence-electron chi connectivity index (χ1n) is 7.29. The van der Waals surface area contributed by atoms with E-state index in [0.29, 0.717) is 6.61 Å². The average Bonchev–Trinajstić information content (AvgIpc) is 2.84. The maximum Gasteiger partial charge on any atom is 0.225 e. The highest BCUT2D eigenvalue weighted by Gasteiger charge is 2.29. The third kappa shape index (κ3) is 3.97. The molecular formula is C16H24N2O2. The van der Waals surface area contributed by atoms with Crippen LogP contribution in [0.1, 0.15) is 25.8 Å². The molecule has 0 aromatic heterocycles. The second-order valence-corrected chi connectivity index (χ2v) is 5.67. The number of nitrogens with one attached hydrogen (secondary N) is 2. The van der Waals surface area contributed by atoms with Crippen LogP contribution in [0.25, 0.3) is 0 Å². The lowest BCUT2D eigenvalue weighted by Crippen LogP contribution is -2.43. The third-order valence-electron chi connectivity index (χ3n) is 3.77. The van der Waals surface area contributed by atoms with E-state index < -0.39 is 0 Å². The van der Waals surface area contributed by atoms with Gasteiger partial charge in [0, 0.05) is 6.04 Å². The van der Waals surface area contributed by atoms with E-state index in [0.717, 1.165) is 18.7 Å². The summed E-state index contributed by atoms with van der Waals surface area (Å²) in [5.74, 6) is 1.05. The van der Waals surface area contributed by atoms with Crippen LogP contribution in [0.4, 0.5) is 0 Å². The molecule has 3 atom stereocenters. The summed E-state index contributed by atoms with van der Waals surface area (Å²) in [6, 6.07) is 8.21. The van der Waals surface area contributed by atoms with Gasteiger partial charge in [0.05, 0.1) is 12.0 Å². The molecule has 3 unspecified atom stereocenters. The van der Waals surface area contributed by atoms with E-state index in [1.807, 2.05) is 38.1 Å². The van der Waals surface area contributed by atoms with Crippen LogP contribution in [0.3, 0.4) is 0 Å². The fourth-order valence-corrected chi connectivity index (χ4v) is 2.46. The number of carbonyl (C=O) groups is 1. The smallest absolute Gasteiger partial charge is 0.225 e. The molecule has 1 aromatic carbocycles. The molecule has 4 heteroatoms. The molecule has 0 radical (unpaired) electrons. The summed E-state index contributed by atoms with van der Waals surface area (Å²) in [7, 11) is 0. The summed E-state index contributed by atoms with van der Waals surface area (Å²) in [5.41, 5.74) is 1.21. The van der Waals surface area contributed by atoms with E-state index in [-0.39, 0.29) is 23.9 Å². The van der Waals surface area contributed by atoms with Gasteiger partial charge >= 0.3 is 0 Å². The average molecular weight is 276 g/mol. The van der Waals surface area contributed by atoms with Crippen LogP contribution in [-0.2, 0) is 4.79 Å². The summed E-state index contributed by atoms with van der Waals surface area (Å²) in [4.78, 5) is 12.1. The summed E-state index contributed by atoms with van der Waals surface area (Å²) >= 11 is 0. The predicted molar refractivity (Wildman–Crippen MR) is 79.9 cm³/mol. The first kappa shape index (κ1) is 14.9. The van der Waals surface area contributed by atoms with Gasteiger partial charge in [-0.1, -0.05) is 17.7 Å². The summed E-state index contributed by atoms with van der Waals surface area (Å²) < 4.78 is 5.68. The maximum atomic E-state index is 12.1. The van der Waals surface area contributed by atoms with Gasteiger partial charge in [-0.2, -0.15) is 0 Å². The van der Waals surface area contributed by atoms with Crippen molar-refractivity contribution in [3.05, 3.63) is 29.8 Å². The van der Waals surface area contributed by atoms with Crippen molar-refractivity contribution < 1.29 is 9.53 Å². The molecule has 1 saturated heterocycles. The Hall–Kier alpha value is -1.55. The number of carbonyl (C=O) groups excluding carboxylic acids is 1. The van der Waals surface area contributed by atoms with E-state index in [1.165, 1.54) is 5.56 Å². The van der Waals surface area contributed by atoms with Crippen LogP contribution < -0.4 is 15.4 Å². The molecule has 0 aliphatic carbocycles. The number of rotatable bonds is 5. The second-order valence-electron chi connectivity index (χ2n) is 5.67. The molecule has 1 fully saturated rings. The predicted octanol–water partition coefficient (Wildman–Crippen LogP) is 1.88. The molecule has 20 heavy (non-hydrogen) atoms. The van der Waals surface area contributed by atoms with Crippen LogP contribution >= 0.6 is 0 Å². The monoisotopic (exact) mass is 276 g/mol. The largest absolute Gasteiger partial charge is 0.491 e. The molecule has 1 amide bonds. The minimum absolute atomic E-state index is 0.0107. The van der Waals surface area contributed by atoms with Crippen molar-refractivity contribution in [3.8, 4) is 5.75 Å². The fraction of sp³-hybridized carbons (Fsp3) is 0.562. The van der Waals surface area contributed by atoms with Gasteiger partial charge in [-0.25, -0.2) is 0 Å². The van der Waals surface area contributed by atoms with Gasteiger partial charge in [0.2, 0.25) is 5.91 Å². The van der Waals surface area contributed by atoms with Crippen LogP contribution in [0.15, 0.2) is 24.3 Å². The zero-order chi connectivity index (χ0) is 14.5. The molecule has 0 bridgehead atoms. The summed E-state index contributed by atoms with van der Waals surface area (Å²) in [6.07, 6.45) is 0.915. The Morgan fingerprint density at radius 3 is 2.75 bits per heavy atom. The summed E-state index contributed by atoms with van der Waals surface area (Å²) in [5, 5.41) is 6.32. The van der Waals surface area contributed by atoms with Gasteiger partial charge in [-0.15, -0.1) is 0 Å². The lowest BCUT2D eigenvalue weighted by molar-refractivity contribution is -0.125. The van der Waals surface area contributed by atoms with Crippen molar-refractivity contribution in [2.45, 2.75) is 39.3 Å². The highest BCUT2D eigenvalue weighted by atomic mass is 16.5. The number of hydrogen-bond donors (Lipinski definition) is 2. The van der Waals surface area contributed by atoms with E-state index in [2.05, 4.69) is 17.6 Å². The van der Waals surface area contributed by atoms with Gasteiger partial charge < -0.3 is 15.4 Å². The fourth-order valence-electron chi connectivity index (χ4n) is 2.46. The SMILES string of the molecule is Cc1ccc(OCC(C)NC(=O)C2CCNC2C)cc1. The zero-order valence-corrected chi connectivity index (χ0v) is 12.5. The van der Waals surface area contributed by atoms with Gasteiger partial charge in [-0.05, 0) is 45.9 Å². The molecule has 1 aliphatic heterocycles. The van der Waals surface area contributed by atoms with Crippen molar-refractivity contribution >= 4 is 5.91 Å². The van der Waals surface area contributed by atoms with E-state index in [9.17, 15) is 4.79 Å². The molecule has 0 spiro atoms. The lowest BCUT2D eigenvalue weighted by Gasteiger charge is -2.19.